The van der Waals surface area contributed by atoms with Crippen molar-refractivity contribution in [1.82, 2.24) is 0 Å². The number of ether oxygens (including phenoxy) is 2. The van der Waals surface area contributed by atoms with Crippen molar-refractivity contribution in [3.05, 3.63) is 34.9 Å². The van der Waals surface area contributed by atoms with Gasteiger partial charge in [-0.3, -0.25) is 4.79 Å². The van der Waals surface area contributed by atoms with Crippen LogP contribution in [-0.2, 0) is 0 Å². The second kappa shape index (κ2) is 5.53. The SMILES string of the molecule is COc1cc(OC)cc(C(=O)C(C)=C(C)C)c1. The predicted molar refractivity (Wildman–Crippen MR) is 67.9 cm³/mol. The highest BCUT2D eigenvalue weighted by Gasteiger charge is 2.12. The largest absolute Gasteiger partial charge is 0.497 e. The zero-order chi connectivity index (χ0) is 13.0. The maximum absolute atomic E-state index is 12.2. The van der Waals surface area contributed by atoms with E-state index in [1.54, 1.807) is 32.4 Å². The third-order valence-corrected chi connectivity index (χ3v) is 2.70. The Kier molecular flexibility index (Phi) is 4.32. The maximum Gasteiger partial charge on any atom is 0.188 e. The Labute approximate surface area is 102 Å². The van der Waals surface area contributed by atoms with Crippen LogP contribution in [0.25, 0.3) is 0 Å². The van der Waals surface area contributed by atoms with E-state index in [2.05, 4.69) is 0 Å². The van der Waals surface area contributed by atoms with E-state index in [-0.39, 0.29) is 5.78 Å². The molecule has 0 heterocycles. The van der Waals surface area contributed by atoms with Crippen molar-refractivity contribution in [2.75, 3.05) is 14.2 Å². The van der Waals surface area contributed by atoms with Crippen molar-refractivity contribution in [3.63, 3.8) is 0 Å². The summed E-state index contributed by atoms with van der Waals surface area (Å²) in [5.74, 6) is 1.24. The van der Waals surface area contributed by atoms with Gasteiger partial charge in [0.05, 0.1) is 14.2 Å². The summed E-state index contributed by atoms with van der Waals surface area (Å²) in [5.41, 5.74) is 2.34. The van der Waals surface area contributed by atoms with Gasteiger partial charge in [0.15, 0.2) is 5.78 Å². The molecule has 1 aromatic carbocycles. The summed E-state index contributed by atoms with van der Waals surface area (Å²) in [6, 6.07) is 5.18. The average Bonchev–Trinajstić information content (AvgIpc) is 2.35. The van der Waals surface area contributed by atoms with Crippen molar-refractivity contribution in [1.29, 1.82) is 0 Å². The maximum atomic E-state index is 12.2. The molecular weight excluding hydrogens is 216 g/mol. The Hall–Kier alpha value is -1.77. The second-order valence-corrected chi connectivity index (χ2v) is 4.06. The summed E-state index contributed by atoms with van der Waals surface area (Å²) in [7, 11) is 3.13. The number of hydrogen-bond donors (Lipinski definition) is 0. The van der Waals surface area contributed by atoms with Crippen LogP contribution in [0.1, 0.15) is 31.1 Å². The lowest BCUT2D eigenvalue weighted by Crippen LogP contribution is -2.03. The van der Waals surface area contributed by atoms with Crippen LogP contribution in [0.15, 0.2) is 29.3 Å². The molecule has 3 heteroatoms. The topological polar surface area (TPSA) is 35.5 Å². The van der Waals surface area contributed by atoms with Gasteiger partial charge in [0.1, 0.15) is 11.5 Å². The standard InChI is InChI=1S/C14H18O3/c1-9(2)10(3)14(15)11-6-12(16-4)8-13(7-11)17-5/h6-8H,1-5H3. The first-order valence-corrected chi connectivity index (χ1v) is 5.41. The number of rotatable bonds is 4. The first-order chi connectivity index (χ1) is 7.99. The number of benzene rings is 1. The van der Waals surface area contributed by atoms with Gasteiger partial charge in [-0.1, -0.05) is 5.57 Å². The predicted octanol–water partition coefficient (Wildman–Crippen LogP) is 3.24. The molecule has 0 N–H and O–H groups in total. The van der Waals surface area contributed by atoms with E-state index in [1.807, 2.05) is 20.8 Å². The molecule has 1 aromatic rings. The lowest BCUT2D eigenvalue weighted by molar-refractivity contribution is 0.103. The average molecular weight is 234 g/mol. The molecule has 3 nitrogen and oxygen atoms in total. The summed E-state index contributed by atoms with van der Waals surface area (Å²) < 4.78 is 10.3. The zero-order valence-corrected chi connectivity index (χ0v) is 11.0. The molecule has 0 saturated heterocycles. The first kappa shape index (κ1) is 13.3. The molecule has 0 fully saturated rings. The molecule has 0 unspecified atom stereocenters. The van der Waals surface area contributed by atoms with Crippen molar-refractivity contribution in [3.8, 4) is 11.5 Å². The molecule has 0 saturated carbocycles. The highest BCUT2D eigenvalue weighted by atomic mass is 16.5. The van der Waals surface area contributed by atoms with Gasteiger partial charge in [-0.05, 0) is 38.5 Å². The number of hydrogen-bond acceptors (Lipinski definition) is 3. The number of ketones is 1. The molecule has 0 radical (unpaired) electrons. The van der Waals surface area contributed by atoms with Gasteiger partial charge in [0.25, 0.3) is 0 Å². The van der Waals surface area contributed by atoms with E-state index in [0.717, 1.165) is 11.1 Å². The molecule has 92 valence electrons. The molecule has 0 aliphatic carbocycles. The van der Waals surface area contributed by atoms with Crippen LogP contribution in [0.3, 0.4) is 0 Å². The van der Waals surface area contributed by atoms with Gasteiger partial charge in [-0.2, -0.15) is 0 Å². The zero-order valence-electron chi connectivity index (χ0n) is 11.0. The van der Waals surface area contributed by atoms with Gasteiger partial charge in [0, 0.05) is 11.6 Å². The second-order valence-electron chi connectivity index (χ2n) is 4.06. The number of carbonyl (C=O) groups excluding carboxylic acids is 1. The Bertz CT molecular complexity index is 432. The summed E-state index contributed by atoms with van der Waals surface area (Å²) in [6.07, 6.45) is 0. The summed E-state index contributed by atoms with van der Waals surface area (Å²) in [5, 5.41) is 0. The fourth-order valence-electron chi connectivity index (χ4n) is 1.38. The minimum Gasteiger partial charge on any atom is -0.497 e. The van der Waals surface area contributed by atoms with Crippen LogP contribution in [0.2, 0.25) is 0 Å². The normalized spacial score (nSPS) is 9.71. The quantitative estimate of drug-likeness (QED) is 0.592. The number of Topliss-reactive ketones (excluding diaryl/α,β-unsaturated/α-hetero) is 1. The number of carbonyl (C=O) groups is 1. The molecule has 0 amide bonds. The van der Waals surface area contributed by atoms with E-state index in [9.17, 15) is 4.79 Å². The van der Waals surface area contributed by atoms with Gasteiger partial charge < -0.3 is 9.47 Å². The molecular formula is C14H18O3. The van der Waals surface area contributed by atoms with Crippen LogP contribution in [0, 0.1) is 0 Å². The monoisotopic (exact) mass is 234 g/mol. The van der Waals surface area contributed by atoms with E-state index in [4.69, 9.17) is 9.47 Å². The summed E-state index contributed by atoms with van der Waals surface area (Å²) in [6.45, 7) is 5.67. The van der Waals surface area contributed by atoms with E-state index >= 15 is 0 Å². The molecule has 0 bridgehead atoms. The number of methoxy groups -OCH3 is 2. The van der Waals surface area contributed by atoms with Crippen molar-refractivity contribution < 1.29 is 14.3 Å². The lowest BCUT2D eigenvalue weighted by Gasteiger charge is -2.08. The highest BCUT2D eigenvalue weighted by molar-refractivity contribution is 6.09. The van der Waals surface area contributed by atoms with Crippen LogP contribution < -0.4 is 9.47 Å². The molecule has 0 aromatic heterocycles. The fourth-order valence-corrected chi connectivity index (χ4v) is 1.38. The Morgan fingerprint density at radius 2 is 1.41 bits per heavy atom. The van der Waals surface area contributed by atoms with Crippen molar-refractivity contribution in [2.45, 2.75) is 20.8 Å². The van der Waals surface area contributed by atoms with E-state index in [0.29, 0.717) is 17.1 Å². The number of allylic oxidation sites excluding steroid dienone is 2. The van der Waals surface area contributed by atoms with Crippen molar-refractivity contribution >= 4 is 5.78 Å². The molecule has 17 heavy (non-hydrogen) atoms. The minimum atomic E-state index is 0.00204. The van der Waals surface area contributed by atoms with Crippen LogP contribution >= 0.6 is 0 Å². The lowest BCUT2D eigenvalue weighted by atomic mass is 10.0. The fraction of sp³-hybridized carbons (Fsp3) is 0.357. The Balaban J connectivity index is 3.22. The van der Waals surface area contributed by atoms with E-state index < -0.39 is 0 Å². The third kappa shape index (κ3) is 3.09. The van der Waals surface area contributed by atoms with Gasteiger partial charge in [-0.15, -0.1) is 0 Å². The van der Waals surface area contributed by atoms with Gasteiger partial charge >= 0.3 is 0 Å². The molecule has 0 aliphatic rings. The Morgan fingerprint density at radius 3 is 1.76 bits per heavy atom. The van der Waals surface area contributed by atoms with Gasteiger partial charge in [-0.25, -0.2) is 0 Å². The summed E-state index contributed by atoms with van der Waals surface area (Å²) in [4.78, 5) is 12.2. The first-order valence-electron chi connectivity index (χ1n) is 5.41. The highest BCUT2D eigenvalue weighted by Crippen LogP contribution is 2.24. The van der Waals surface area contributed by atoms with E-state index in [1.165, 1.54) is 0 Å². The van der Waals surface area contributed by atoms with Crippen LogP contribution in [-0.4, -0.2) is 20.0 Å². The molecule has 0 aliphatic heterocycles. The molecule has 1 rings (SSSR count). The summed E-state index contributed by atoms with van der Waals surface area (Å²) >= 11 is 0. The van der Waals surface area contributed by atoms with Gasteiger partial charge in [0.2, 0.25) is 0 Å². The van der Waals surface area contributed by atoms with Crippen LogP contribution in [0.4, 0.5) is 0 Å². The molecule has 0 atom stereocenters. The minimum absolute atomic E-state index is 0.00204. The molecule has 0 spiro atoms. The Morgan fingerprint density at radius 1 is 0.941 bits per heavy atom. The third-order valence-electron chi connectivity index (χ3n) is 2.70. The van der Waals surface area contributed by atoms with Crippen molar-refractivity contribution in [2.24, 2.45) is 0 Å². The van der Waals surface area contributed by atoms with Crippen LogP contribution in [0.5, 0.6) is 11.5 Å². The smallest absolute Gasteiger partial charge is 0.188 e.